The first-order valence-corrected chi connectivity index (χ1v) is 5.86. The van der Waals surface area contributed by atoms with Crippen molar-refractivity contribution in [3.8, 4) is 0 Å². The number of aryl methyl sites for hydroxylation is 1. The molecule has 0 aliphatic heterocycles. The number of fused-ring (bicyclic) bond motifs is 1. The molecule has 0 N–H and O–H groups in total. The summed E-state index contributed by atoms with van der Waals surface area (Å²) < 4.78 is 2.31. The van der Waals surface area contributed by atoms with Crippen molar-refractivity contribution in [3.63, 3.8) is 0 Å². The molecule has 0 bridgehead atoms. The Morgan fingerprint density at radius 3 is 2.93 bits per heavy atom. The smallest absolute Gasteiger partial charge is 0.125 e. The number of alkyl halides is 1. The van der Waals surface area contributed by atoms with E-state index in [9.17, 15) is 0 Å². The average molecular weight is 221 g/mol. The summed E-state index contributed by atoms with van der Waals surface area (Å²) in [6.45, 7) is 2.12. The summed E-state index contributed by atoms with van der Waals surface area (Å²) in [4.78, 5) is 4.56. The van der Waals surface area contributed by atoms with Gasteiger partial charge in [0.1, 0.15) is 5.82 Å². The third-order valence-electron chi connectivity index (χ3n) is 2.95. The highest BCUT2D eigenvalue weighted by molar-refractivity contribution is 6.16. The van der Waals surface area contributed by atoms with Gasteiger partial charge in [-0.15, -0.1) is 11.6 Å². The molecule has 1 aliphatic carbocycles. The van der Waals surface area contributed by atoms with Gasteiger partial charge in [-0.05, 0) is 37.5 Å². The van der Waals surface area contributed by atoms with Gasteiger partial charge in [0.15, 0.2) is 0 Å². The van der Waals surface area contributed by atoms with Gasteiger partial charge in [-0.3, -0.25) is 0 Å². The minimum atomic E-state index is 0.504. The number of hydrogen-bond donors (Lipinski definition) is 0. The van der Waals surface area contributed by atoms with Gasteiger partial charge in [0.25, 0.3) is 0 Å². The van der Waals surface area contributed by atoms with E-state index in [1.54, 1.807) is 0 Å². The Morgan fingerprint density at radius 1 is 1.47 bits per heavy atom. The van der Waals surface area contributed by atoms with Gasteiger partial charge < -0.3 is 4.57 Å². The first-order chi connectivity index (χ1) is 7.29. The molecular formula is C12H13ClN2. The summed E-state index contributed by atoms with van der Waals surface area (Å²) in [5, 5.41) is 0. The zero-order chi connectivity index (χ0) is 10.4. The van der Waals surface area contributed by atoms with Crippen LogP contribution in [0.5, 0.6) is 0 Å². The van der Waals surface area contributed by atoms with Gasteiger partial charge in [-0.1, -0.05) is 6.07 Å². The summed E-state index contributed by atoms with van der Waals surface area (Å²) in [5.41, 5.74) is 3.60. The van der Waals surface area contributed by atoms with Gasteiger partial charge >= 0.3 is 0 Å². The predicted molar refractivity (Wildman–Crippen MR) is 62.3 cm³/mol. The third-order valence-corrected chi connectivity index (χ3v) is 3.19. The minimum absolute atomic E-state index is 0.504. The van der Waals surface area contributed by atoms with Crippen LogP contribution in [0.15, 0.2) is 18.2 Å². The number of benzene rings is 1. The maximum absolute atomic E-state index is 5.93. The van der Waals surface area contributed by atoms with E-state index in [1.807, 2.05) is 0 Å². The van der Waals surface area contributed by atoms with E-state index in [0.29, 0.717) is 11.9 Å². The van der Waals surface area contributed by atoms with Crippen LogP contribution in [-0.2, 0) is 5.88 Å². The molecule has 1 aromatic heterocycles. The van der Waals surface area contributed by atoms with Crippen LogP contribution in [0.2, 0.25) is 0 Å². The summed E-state index contributed by atoms with van der Waals surface area (Å²) in [5.74, 6) is 1.52. The van der Waals surface area contributed by atoms with E-state index in [-0.39, 0.29) is 0 Å². The fourth-order valence-electron chi connectivity index (χ4n) is 2.09. The van der Waals surface area contributed by atoms with Crippen LogP contribution in [0.25, 0.3) is 11.0 Å². The van der Waals surface area contributed by atoms with Crippen molar-refractivity contribution in [3.05, 3.63) is 29.6 Å². The quantitative estimate of drug-likeness (QED) is 0.710. The van der Waals surface area contributed by atoms with Crippen LogP contribution in [0, 0.1) is 6.92 Å². The average Bonchev–Trinajstić information content (AvgIpc) is 2.99. The summed E-state index contributed by atoms with van der Waals surface area (Å²) >= 11 is 5.93. The Hall–Kier alpha value is -1.02. The number of nitrogens with zero attached hydrogens (tertiary/aromatic N) is 2. The molecule has 1 aliphatic rings. The summed E-state index contributed by atoms with van der Waals surface area (Å²) in [6.07, 6.45) is 2.53. The molecule has 3 heteroatoms. The summed E-state index contributed by atoms with van der Waals surface area (Å²) in [7, 11) is 0. The first-order valence-electron chi connectivity index (χ1n) is 5.33. The molecule has 2 aromatic rings. The molecule has 1 aromatic carbocycles. The molecule has 1 saturated carbocycles. The van der Waals surface area contributed by atoms with E-state index < -0.39 is 0 Å². The second kappa shape index (κ2) is 3.24. The van der Waals surface area contributed by atoms with Gasteiger partial charge in [0.2, 0.25) is 0 Å². The Labute approximate surface area is 93.9 Å². The Bertz CT molecular complexity index is 512. The molecule has 2 nitrogen and oxygen atoms in total. The van der Waals surface area contributed by atoms with Crippen molar-refractivity contribution in [1.29, 1.82) is 0 Å². The molecule has 0 saturated heterocycles. The molecule has 1 heterocycles. The molecule has 0 spiro atoms. The second-order valence-electron chi connectivity index (χ2n) is 4.26. The fourth-order valence-corrected chi connectivity index (χ4v) is 2.28. The van der Waals surface area contributed by atoms with Crippen LogP contribution in [0.1, 0.15) is 30.3 Å². The minimum Gasteiger partial charge on any atom is -0.324 e. The van der Waals surface area contributed by atoms with Crippen molar-refractivity contribution in [2.45, 2.75) is 31.7 Å². The lowest BCUT2D eigenvalue weighted by atomic mass is 10.2. The van der Waals surface area contributed by atoms with Gasteiger partial charge in [-0.2, -0.15) is 0 Å². The molecular weight excluding hydrogens is 208 g/mol. The van der Waals surface area contributed by atoms with Crippen molar-refractivity contribution in [2.24, 2.45) is 0 Å². The van der Waals surface area contributed by atoms with Crippen molar-refractivity contribution < 1.29 is 0 Å². The maximum Gasteiger partial charge on any atom is 0.125 e. The number of rotatable bonds is 2. The molecule has 3 rings (SSSR count). The Balaban J connectivity index is 2.30. The molecule has 0 atom stereocenters. The van der Waals surface area contributed by atoms with E-state index in [1.165, 1.54) is 23.9 Å². The lowest BCUT2D eigenvalue weighted by Gasteiger charge is -2.05. The number of hydrogen-bond acceptors (Lipinski definition) is 1. The molecule has 15 heavy (non-hydrogen) atoms. The normalized spacial score (nSPS) is 16.1. The Morgan fingerprint density at radius 2 is 2.27 bits per heavy atom. The standard InChI is InChI=1S/C12H13ClN2/c1-8-2-5-10-11(6-8)15(9-3-4-9)12(7-13)14-10/h2,5-6,9H,3-4,7H2,1H3. The highest BCUT2D eigenvalue weighted by atomic mass is 35.5. The van der Waals surface area contributed by atoms with Crippen molar-refractivity contribution in [2.75, 3.05) is 0 Å². The Kier molecular flexibility index (Phi) is 1.99. The fraction of sp³-hybridized carbons (Fsp3) is 0.417. The SMILES string of the molecule is Cc1ccc2nc(CCl)n(C3CC3)c2c1. The zero-order valence-corrected chi connectivity index (χ0v) is 9.46. The molecule has 1 fully saturated rings. The first kappa shape index (κ1) is 9.22. The summed E-state index contributed by atoms with van der Waals surface area (Å²) in [6, 6.07) is 7.03. The lowest BCUT2D eigenvalue weighted by Crippen LogP contribution is -1.98. The highest BCUT2D eigenvalue weighted by Gasteiger charge is 2.27. The highest BCUT2D eigenvalue weighted by Crippen LogP contribution is 2.39. The van der Waals surface area contributed by atoms with Crippen LogP contribution in [0.3, 0.4) is 0 Å². The van der Waals surface area contributed by atoms with Gasteiger partial charge in [0.05, 0.1) is 16.9 Å². The topological polar surface area (TPSA) is 17.8 Å². The monoisotopic (exact) mass is 220 g/mol. The van der Waals surface area contributed by atoms with Crippen LogP contribution in [-0.4, -0.2) is 9.55 Å². The van der Waals surface area contributed by atoms with E-state index in [4.69, 9.17) is 11.6 Å². The van der Waals surface area contributed by atoms with Crippen LogP contribution in [0.4, 0.5) is 0 Å². The lowest BCUT2D eigenvalue weighted by molar-refractivity contribution is 0.728. The predicted octanol–water partition coefficient (Wildman–Crippen LogP) is 3.42. The van der Waals surface area contributed by atoms with Crippen LogP contribution < -0.4 is 0 Å². The third kappa shape index (κ3) is 1.44. The number of aromatic nitrogens is 2. The van der Waals surface area contributed by atoms with E-state index >= 15 is 0 Å². The number of imidazole rings is 1. The number of halogens is 1. The maximum atomic E-state index is 5.93. The van der Waals surface area contributed by atoms with E-state index in [0.717, 1.165) is 11.3 Å². The van der Waals surface area contributed by atoms with Crippen molar-refractivity contribution >= 4 is 22.6 Å². The van der Waals surface area contributed by atoms with Gasteiger partial charge in [0, 0.05) is 6.04 Å². The largest absolute Gasteiger partial charge is 0.324 e. The molecule has 0 amide bonds. The molecule has 78 valence electrons. The van der Waals surface area contributed by atoms with Crippen LogP contribution >= 0.6 is 11.6 Å². The second-order valence-corrected chi connectivity index (χ2v) is 4.52. The van der Waals surface area contributed by atoms with E-state index in [2.05, 4.69) is 34.7 Å². The molecule has 0 radical (unpaired) electrons. The molecule has 0 unspecified atom stereocenters. The van der Waals surface area contributed by atoms with Gasteiger partial charge in [-0.25, -0.2) is 4.98 Å². The zero-order valence-electron chi connectivity index (χ0n) is 8.70. The van der Waals surface area contributed by atoms with Crippen molar-refractivity contribution in [1.82, 2.24) is 9.55 Å².